The van der Waals surface area contributed by atoms with Gasteiger partial charge in [0, 0.05) is 23.5 Å². The quantitative estimate of drug-likeness (QED) is 0.138. The lowest BCUT2D eigenvalue weighted by atomic mass is 10.1. The summed E-state index contributed by atoms with van der Waals surface area (Å²) in [6, 6.07) is 21.2. The molecule has 0 aliphatic heterocycles. The number of hydrogen-bond donors (Lipinski definition) is 2. The van der Waals surface area contributed by atoms with Crippen molar-refractivity contribution in [3.05, 3.63) is 140 Å². The van der Waals surface area contributed by atoms with Crippen molar-refractivity contribution in [2.45, 2.75) is 51.0 Å². The molecule has 0 radical (unpaired) electrons. The van der Waals surface area contributed by atoms with Gasteiger partial charge in [0.15, 0.2) is 18.0 Å². The molecule has 278 valence electrons. The Balaban J connectivity index is 1.05. The molecule has 5 aromatic heterocycles. The minimum absolute atomic E-state index is 0.112. The minimum Gasteiger partial charge on any atom is -0.497 e. The summed E-state index contributed by atoms with van der Waals surface area (Å²) in [6.45, 7) is 0.877. The van der Waals surface area contributed by atoms with Gasteiger partial charge >= 0.3 is 11.4 Å². The summed E-state index contributed by atoms with van der Waals surface area (Å²) in [5, 5.41) is 8.72. The fourth-order valence-electron chi connectivity index (χ4n) is 6.79. The highest BCUT2D eigenvalue weighted by Gasteiger charge is 2.26. The smallest absolute Gasteiger partial charge is 0.335 e. The van der Waals surface area contributed by atoms with Gasteiger partial charge in [0.25, 0.3) is 0 Å². The zero-order valence-electron chi connectivity index (χ0n) is 30.0. The van der Waals surface area contributed by atoms with E-state index in [2.05, 4.69) is 32.0 Å². The van der Waals surface area contributed by atoms with E-state index in [-0.39, 0.29) is 24.2 Å². The van der Waals surface area contributed by atoms with Crippen LogP contribution in [0.25, 0.3) is 28.0 Å². The van der Waals surface area contributed by atoms with E-state index < -0.39 is 0 Å². The molecule has 1 fully saturated rings. The molecule has 7 aromatic rings. The standard InChI is InChI=1S/C40H38N10O4S/c1-53-30-12-5-10-28(20-30)50-36-34(23-43-38(46-36)44-27-15-16-27)48(40(50)52)25-54-31-13-6-11-29(21-31)49-35-33(47(39(49)51)24-26-8-3-2-4-9-26)22-42-37(45-35)41-18-17-32-14-7-19-55-32/h2-9,11-14,19-23,27-28H,10,15-18,24-25H2,1H3,(H,41,42,45)(H,43,44,46). The van der Waals surface area contributed by atoms with Crippen LogP contribution in [-0.2, 0) is 24.4 Å². The van der Waals surface area contributed by atoms with Crippen molar-refractivity contribution in [3.8, 4) is 11.4 Å². The van der Waals surface area contributed by atoms with E-state index in [9.17, 15) is 9.59 Å². The molecule has 9 rings (SSSR count). The first-order chi connectivity index (χ1) is 27.0. The summed E-state index contributed by atoms with van der Waals surface area (Å²) >= 11 is 1.70. The van der Waals surface area contributed by atoms with E-state index in [0.717, 1.165) is 24.8 Å². The van der Waals surface area contributed by atoms with Gasteiger partial charge in [-0.1, -0.05) is 48.5 Å². The third-order valence-electron chi connectivity index (χ3n) is 9.73. The first kappa shape index (κ1) is 34.3. The number of allylic oxidation sites excluding steroid dienone is 3. The van der Waals surface area contributed by atoms with Gasteiger partial charge in [-0.25, -0.2) is 24.1 Å². The molecule has 0 saturated heterocycles. The predicted octanol–water partition coefficient (Wildman–Crippen LogP) is 5.90. The third-order valence-corrected chi connectivity index (χ3v) is 10.7. The number of methoxy groups -OCH3 is 1. The van der Waals surface area contributed by atoms with E-state index in [1.165, 1.54) is 9.44 Å². The molecule has 0 amide bonds. The van der Waals surface area contributed by atoms with E-state index in [4.69, 9.17) is 19.4 Å². The van der Waals surface area contributed by atoms with Gasteiger partial charge in [0.1, 0.15) is 22.5 Å². The van der Waals surface area contributed by atoms with Crippen molar-refractivity contribution in [1.82, 2.24) is 38.2 Å². The third kappa shape index (κ3) is 7.01. The van der Waals surface area contributed by atoms with Crippen molar-refractivity contribution in [2.75, 3.05) is 24.3 Å². The first-order valence-electron chi connectivity index (χ1n) is 18.2. The number of ether oxygens (including phenoxy) is 2. The summed E-state index contributed by atoms with van der Waals surface area (Å²) < 4.78 is 18.3. The molecule has 14 nitrogen and oxygen atoms in total. The zero-order chi connectivity index (χ0) is 37.3. The largest absolute Gasteiger partial charge is 0.497 e. The molecular weight excluding hydrogens is 717 g/mol. The fourth-order valence-corrected chi connectivity index (χ4v) is 7.50. The van der Waals surface area contributed by atoms with Crippen LogP contribution < -0.4 is 26.7 Å². The summed E-state index contributed by atoms with van der Waals surface area (Å²) in [5.41, 5.74) is 3.09. The molecule has 55 heavy (non-hydrogen) atoms. The lowest BCUT2D eigenvalue weighted by Gasteiger charge is -2.17. The normalized spacial score (nSPS) is 15.4. The first-order valence-corrected chi connectivity index (χ1v) is 19.1. The van der Waals surface area contributed by atoms with Crippen LogP contribution in [0.2, 0.25) is 0 Å². The Bertz CT molecular complexity index is 2670. The van der Waals surface area contributed by atoms with Crippen molar-refractivity contribution in [3.63, 3.8) is 0 Å². The van der Waals surface area contributed by atoms with E-state index in [1.54, 1.807) is 56.7 Å². The number of nitrogens with one attached hydrogen (secondary N) is 2. The lowest BCUT2D eigenvalue weighted by Crippen LogP contribution is -2.29. The van der Waals surface area contributed by atoms with Crippen molar-refractivity contribution in [2.24, 2.45) is 0 Å². The number of thiophene rings is 1. The molecule has 1 unspecified atom stereocenters. The Morgan fingerprint density at radius 3 is 2.51 bits per heavy atom. The molecule has 0 bridgehead atoms. The molecule has 15 heteroatoms. The highest BCUT2D eigenvalue weighted by atomic mass is 32.1. The second kappa shape index (κ2) is 14.7. The molecule has 5 heterocycles. The highest BCUT2D eigenvalue weighted by Crippen LogP contribution is 2.28. The summed E-state index contributed by atoms with van der Waals surface area (Å²) in [5.74, 6) is 2.05. The zero-order valence-corrected chi connectivity index (χ0v) is 30.9. The van der Waals surface area contributed by atoms with Crippen molar-refractivity contribution >= 4 is 45.6 Å². The van der Waals surface area contributed by atoms with Crippen LogP contribution in [0.1, 0.15) is 35.7 Å². The van der Waals surface area contributed by atoms with Crippen LogP contribution in [0.4, 0.5) is 11.9 Å². The van der Waals surface area contributed by atoms with E-state index in [0.29, 0.717) is 77.0 Å². The SMILES string of the molecule is COC1=CC(n2c(=O)n(COc3cccc(-n4c(=O)n(Cc5ccccc5)c5cnc(NCCc6cccs6)nc54)c3)c3cnc(NC4CC4)nc32)CC=C1. The number of aromatic nitrogens is 8. The van der Waals surface area contributed by atoms with Gasteiger partial charge in [-0.2, -0.15) is 9.97 Å². The molecule has 2 aliphatic carbocycles. The van der Waals surface area contributed by atoms with Crippen LogP contribution in [0.15, 0.2) is 118 Å². The topological polar surface area (TPSA) is 148 Å². The van der Waals surface area contributed by atoms with Crippen molar-refractivity contribution < 1.29 is 9.47 Å². The monoisotopic (exact) mass is 754 g/mol. The molecule has 1 saturated carbocycles. The molecular formula is C40H38N10O4S. The lowest BCUT2D eigenvalue weighted by molar-refractivity contribution is 0.235. The Kier molecular flexibility index (Phi) is 9.19. The molecule has 2 aromatic carbocycles. The summed E-state index contributed by atoms with van der Waals surface area (Å²) in [4.78, 5) is 48.4. The van der Waals surface area contributed by atoms with Gasteiger partial charge in [-0.3, -0.25) is 13.7 Å². The van der Waals surface area contributed by atoms with Gasteiger partial charge in [0.05, 0.1) is 37.8 Å². The Hall–Kier alpha value is -6.48. The van der Waals surface area contributed by atoms with E-state index >= 15 is 0 Å². The summed E-state index contributed by atoms with van der Waals surface area (Å²) in [6.07, 6.45) is 12.7. The second-order valence-corrected chi connectivity index (χ2v) is 14.5. The van der Waals surface area contributed by atoms with E-state index in [1.807, 2.05) is 66.8 Å². The van der Waals surface area contributed by atoms with Crippen LogP contribution in [0, 0.1) is 0 Å². The number of fused-ring (bicyclic) bond motifs is 2. The number of imidazole rings is 2. The van der Waals surface area contributed by atoms with Crippen molar-refractivity contribution in [1.29, 1.82) is 0 Å². The molecule has 1 atom stereocenters. The molecule has 2 N–H and O–H groups in total. The van der Waals surface area contributed by atoms with Crippen LogP contribution in [0.5, 0.6) is 5.75 Å². The number of rotatable bonds is 14. The maximum atomic E-state index is 14.3. The molecule has 0 spiro atoms. The highest BCUT2D eigenvalue weighted by molar-refractivity contribution is 7.09. The molecule has 2 aliphatic rings. The summed E-state index contributed by atoms with van der Waals surface area (Å²) in [7, 11) is 1.61. The number of anilines is 2. The Morgan fingerprint density at radius 2 is 1.71 bits per heavy atom. The van der Waals surface area contributed by atoms with Gasteiger partial charge < -0.3 is 20.1 Å². The number of benzene rings is 2. The van der Waals surface area contributed by atoms with Crippen LogP contribution in [0.3, 0.4) is 0 Å². The maximum Gasteiger partial charge on any atom is 0.335 e. The fraction of sp³-hybridized carbons (Fsp3) is 0.250. The number of nitrogens with zero attached hydrogens (tertiary/aromatic N) is 8. The van der Waals surface area contributed by atoms with Gasteiger partial charge in [0.2, 0.25) is 11.9 Å². The average Bonchev–Trinajstić information content (AvgIpc) is 3.67. The van der Waals surface area contributed by atoms with Gasteiger partial charge in [-0.15, -0.1) is 11.3 Å². The number of hydrogen-bond acceptors (Lipinski definition) is 11. The maximum absolute atomic E-state index is 14.3. The average molecular weight is 755 g/mol. The second-order valence-electron chi connectivity index (χ2n) is 13.5. The Morgan fingerprint density at radius 1 is 0.891 bits per heavy atom. The van der Waals surface area contributed by atoms with Crippen LogP contribution in [-0.4, -0.2) is 57.9 Å². The van der Waals surface area contributed by atoms with Gasteiger partial charge in [-0.05, 0) is 67.0 Å². The Labute approximate surface area is 319 Å². The predicted molar refractivity (Wildman–Crippen MR) is 212 cm³/mol. The van der Waals surface area contributed by atoms with Crippen LogP contribution >= 0.6 is 11.3 Å². The minimum atomic E-state index is -0.305.